The Morgan fingerprint density at radius 3 is 2.60 bits per heavy atom. The van der Waals surface area contributed by atoms with Gasteiger partial charge in [-0.2, -0.15) is 5.26 Å². The van der Waals surface area contributed by atoms with Crippen LogP contribution < -0.4 is 5.32 Å². The molecule has 1 amide bonds. The van der Waals surface area contributed by atoms with Gasteiger partial charge in [0.25, 0.3) is 0 Å². The Bertz CT molecular complexity index is 665. The molecule has 0 fully saturated rings. The highest BCUT2D eigenvalue weighted by Crippen LogP contribution is 2.19. The van der Waals surface area contributed by atoms with Crippen LogP contribution in [0, 0.1) is 18.3 Å². The van der Waals surface area contributed by atoms with E-state index < -0.39 is 5.92 Å². The molecule has 2 aromatic rings. The minimum atomic E-state index is -0.845. The molecule has 0 radical (unpaired) electrons. The molecular formula is C15H12BrN3O. The van der Waals surface area contributed by atoms with Gasteiger partial charge in [0.05, 0.1) is 11.8 Å². The molecule has 0 aliphatic heterocycles. The SMILES string of the molecule is Cc1nc(NC(=O)C(C#N)c2ccccc2)ccc1Br. The van der Waals surface area contributed by atoms with E-state index >= 15 is 0 Å². The van der Waals surface area contributed by atoms with Gasteiger partial charge >= 0.3 is 0 Å². The van der Waals surface area contributed by atoms with Crippen molar-refractivity contribution >= 4 is 27.7 Å². The smallest absolute Gasteiger partial charge is 0.247 e. The van der Waals surface area contributed by atoms with Crippen molar-refractivity contribution in [2.75, 3.05) is 5.32 Å². The zero-order valence-electron chi connectivity index (χ0n) is 10.8. The fourth-order valence-electron chi connectivity index (χ4n) is 1.74. The maximum Gasteiger partial charge on any atom is 0.247 e. The van der Waals surface area contributed by atoms with Gasteiger partial charge in [-0.05, 0) is 40.5 Å². The Hall–Kier alpha value is -2.19. The lowest BCUT2D eigenvalue weighted by Gasteiger charge is -2.10. The zero-order chi connectivity index (χ0) is 14.5. The molecule has 1 aromatic heterocycles. The fourth-order valence-corrected chi connectivity index (χ4v) is 1.96. The number of pyridine rings is 1. The van der Waals surface area contributed by atoms with Gasteiger partial charge in [-0.25, -0.2) is 4.98 Å². The zero-order valence-corrected chi connectivity index (χ0v) is 12.4. The van der Waals surface area contributed by atoms with Gasteiger partial charge in [-0.15, -0.1) is 0 Å². The number of aromatic nitrogens is 1. The molecule has 100 valence electrons. The van der Waals surface area contributed by atoms with Crippen molar-refractivity contribution in [1.29, 1.82) is 5.26 Å². The number of nitriles is 1. The van der Waals surface area contributed by atoms with Crippen molar-refractivity contribution in [1.82, 2.24) is 4.98 Å². The molecule has 1 heterocycles. The summed E-state index contributed by atoms with van der Waals surface area (Å²) in [4.78, 5) is 16.4. The van der Waals surface area contributed by atoms with Crippen molar-refractivity contribution in [2.24, 2.45) is 0 Å². The molecule has 0 aliphatic rings. The van der Waals surface area contributed by atoms with Gasteiger partial charge in [-0.1, -0.05) is 30.3 Å². The molecule has 1 unspecified atom stereocenters. The van der Waals surface area contributed by atoms with Crippen LogP contribution in [0.3, 0.4) is 0 Å². The maximum atomic E-state index is 12.2. The van der Waals surface area contributed by atoms with Crippen LogP contribution in [0.25, 0.3) is 0 Å². The molecule has 0 saturated carbocycles. The van der Waals surface area contributed by atoms with Gasteiger partial charge in [0.1, 0.15) is 5.82 Å². The maximum absolute atomic E-state index is 12.2. The molecule has 0 saturated heterocycles. The average Bonchev–Trinajstić information content (AvgIpc) is 2.45. The summed E-state index contributed by atoms with van der Waals surface area (Å²) in [5.41, 5.74) is 1.44. The Morgan fingerprint density at radius 1 is 1.30 bits per heavy atom. The minimum absolute atomic E-state index is 0.382. The third-order valence-corrected chi connectivity index (χ3v) is 3.63. The highest BCUT2D eigenvalue weighted by molar-refractivity contribution is 9.10. The molecular weight excluding hydrogens is 318 g/mol. The van der Waals surface area contributed by atoms with Crippen LogP contribution in [0.1, 0.15) is 17.2 Å². The van der Waals surface area contributed by atoms with E-state index in [9.17, 15) is 10.1 Å². The molecule has 1 atom stereocenters. The molecule has 2 rings (SSSR count). The van der Waals surface area contributed by atoms with Crippen molar-refractivity contribution < 1.29 is 4.79 Å². The van der Waals surface area contributed by atoms with Gasteiger partial charge in [0.15, 0.2) is 5.92 Å². The largest absolute Gasteiger partial charge is 0.309 e. The molecule has 5 heteroatoms. The predicted octanol–water partition coefficient (Wildman–Crippen LogP) is 3.40. The number of carbonyl (C=O) groups excluding carboxylic acids is 1. The predicted molar refractivity (Wildman–Crippen MR) is 80.1 cm³/mol. The number of nitrogens with zero attached hydrogens (tertiary/aromatic N) is 2. The Morgan fingerprint density at radius 2 is 2.00 bits per heavy atom. The van der Waals surface area contributed by atoms with Crippen LogP contribution in [0.4, 0.5) is 5.82 Å². The Kier molecular flexibility index (Phi) is 4.49. The third-order valence-electron chi connectivity index (χ3n) is 2.80. The summed E-state index contributed by atoms with van der Waals surface area (Å²) in [5, 5.41) is 11.9. The summed E-state index contributed by atoms with van der Waals surface area (Å²) in [6, 6.07) is 14.5. The highest BCUT2D eigenvalue weighted by atomic mass is 79.9. The van der Waals surface area contributed by atoms with Crippen LogP contribution in [0.5, 0.6) is 0 Å². The Labute approximate surface area is 125 Å². The first-order chi connectivity index (χ1) is 9.61. The summed E-state index contributed by atoms with van der Waals surface area (Å²) in [6.45, 7) is 1.83. The van der Waals surface area contributed by atoms with Gasteiger partial charge in [0, 0.05) is 4.47 Å². The lowest BCUT2D eigenvalue weighted by Crippen LogP contribution is -2.20. The normalized spacial score (nSPS) is 11.4. The summed E-state index contributed by atoms with van der Waals surface area (Å²) in [5.74, 6) is -0.790. The number of amides is 1. The molecule has 4 nitrogen and oxygen atoms in total. The molecule has 1 N–H and O–H groups in total. The van der Waals surface area contributed by atoms with Gasteiger partial charge in [-0.3, -0.25) is 4.79 Å². The van der Waals surface area contributed by atoms with Crippen molar-refractivity contribution in [3.05, 3.63) is 58.2 Å². The van der Waals surface area contributed by atoms with Gasteiger partial charge < -0.3 is 5.32 Å². The van der Waals surface area contributed by atoms with E-state index in [4.69, 9.17) is 0 Å². The van der Waals surface area contributed by atoms with Crippen molar-refractivity contribution in [2.45, 2.75) is 12.8 Å². The number of hydrogen-bond donors (Lipinski definition) is 1. The monoisotopic (exact) mass is 329 g/mol. The van der Waals surface area contributed by atoms with E-state index in [2.05, 4.69) is 26.2 Å². The Balaban J connectivity index is 2.18. The summed E-state index contributed by atoms with van der Waals surface area (Å²) >= 11 is 3.35. The minimum Gasteiger partial charge on any atom is -0.309 e. The van der Waals surface area contributed by atoms with E-state index in [-0.39, 0.29) is 5.91 Å². The molecule has 20 heavy (non-hydrogen) atoms. The molecule has 0 bridgehead atoms. The van der Waals surface area contributed by atoms with Crippen LogP contribution in [-0.2, 0) is 4.79 Å². The first-order valence-corrected chi connectivity index (χ1v) is 6.79. The third kappa shape index (κ3) is 3.22. The number of carbonyl (C=O) groups is 1. The first-order valence-electron chi connectivity index (χ1n) is 6.00. The second-order valence-corrected chi connectivity index (χ2v) is 5.08. The van der Waals surface area contributed by atoms with E-state index in [0.717, 1.165) is 10.2 Å². The summed E-state index contributed by atoms with van der Waals surface area (Å²) in [7, 11) is 0. The fraction of sp³-hybridized carbons (Fsp3) is 0.133. The standard InChI is InChI=1S/C15H12BrN3O/c1-10-13(16)7-8-14(18-10)19-15(20)12(9-17)11-5-3-2-4-6-11/h2-8,12H,1H3,(H,18,19,20). The lowest BCUT2D eigenvalue weighted by molar-refractivity contribution is -0.116. The van der Waals surface area contributed by atoms with Crippen LogP contribution in [0.2, 0.25) is 0 Å². The van der Waals surface area contributed by atoms with Gasteiger partial charge in [0.2, 0.25) is 5.91 Å². The second kappa shape index (κ2) is 6.31. The van der Waals surface area contributed by atoms with E-state index in [1.165, 1.54) is 0 Å². The highest BCUT2D eigenvalue weighted by Gasteiger charge is 2.20. The lowest BCUT2D eigenvalue weighted by atomic mass is 10.00. The number of benzene rings is 1. The number of aryl methyl sites for hydroxylation is 1. The molecule has 1 aromatic carbocycles. The number of rotatable bonds is 3. The van der Waals surface area contributed by atoms with Crippen LogP contribution in [0.15, 0.2) is 46.9 Å². The van der Waals surface area contributed by atoms with Crippen molar-refractivity contribution in [3.63, 3.8) is 0 Å². The number of anilines is 1. The molecule has 0 aliphatic carbocycles. The quantitative estimate of drug-likeness (QED) is 0.938. The first kappa shape index (κ1) is 14.2. The van der Waals surface area contributed by atoms with Crippen molar-refractivity contribution in [3.8, 4) is 6.07 Å². The average molecular weight is 330 g/mol. The van der Waals surface area contributed by atoms with Crippen LogP contribution in [-0.4, -0.2) is 10.9 Å². The second-order valence-electron chi connectivity index (χ2n) is 4.23. The summed E-state index contributed by atoms with van der Waals surface area (Å²) in [6.07, 6.45) is 0. The summed E-state index contributed by atoms with van der Waals surface area (Å²) < 4.78 is 0.871. The van der Waals surface area contributed by atoms with Crippen LogP contribution >= 0.6 is 15.9 Å². The number of halogens is 1. The number of nitrogens with one attached hydrogen (secondary N) is 1. The topological polar surface area (TPSA) is 65.8 Å². The molecule has 0 spiro atoms. The van der Waals surface area contributed by atoms with E-state index in [1.54, 1.807) is 30.3 Å². The number of hydrogen-bond acceptors (Lipinski definition) is 3. The van der Waals surface area contributed by atoms with E-state index in [1.807, 2.05) is 25.1 Å². The van der Waals surface area contributed by atoms with E-state index in [0.29, 0.717) is 11.4 Å².